The zero-order chi connectivity index (χ0) is 25.0. The number of nitrogens with zero attached hydrogens (tertiary/aromatic N) is 2. The highest BCUT2D eigenvalue weighted by Crippen LogP contribution is 2.28. The maximum absolute atomic E-state index is 13.4. The van der Waals surface area contributed by atoms with Crippen molar-refractivity contribution in [3.8, 4) is 12.3 Å². The quantitative estimate of drug-likeness (QED) is 0.641. The summed E-state index contributed by atoms with van der Waals surface area (Å²) in [5.41, 5.74) is 2.74. The van der Waals surface area contributed by atoms with Crippen molar-refractivity contribution >= 4 is 27.5 Å². The fourth-order valence-corrected chi connectivity index (χ4v) is 5.77. The molecule has 1 heterocycles. The Morgan fingerprint density at radius 2 is 1.85 bits per heavy atom. The van der Waals surface area contributed by atoms with E-state index >= 15 is 0 Å². The molecule has 0 aliphatic carbocycles. The molecule has 1 saturated heterocycles. The number of likely N-dealkylation sites (N-methyl/N-ethyl adjacent to an activating group) is 1. The maximum atomic E-state index is 13.4. The zero-order valence-corrected chi connectivity index (χ0v) is 20.9. The third-order valence-corrected chi connectivity index (χ3v) is 8.29. The summed E-state index contributed by atoms with van der Waals surface area (Å²) in [6.45, 7) is 6.41. The van der Waals surface area contributed by atoms with Gasteiger partial charge >= 0.3 is 0 Å². The lowest BCUT2D eigenvalue weighted by Crippen LogP contribution is -2.38. The second kappa shape index (κ2) is 10.4. The first-order chi connectivity index (χ1) is 16.0. The van der Waals surface area contributed by atoms with Crippen LogP contribution in [0.2, 0.25) is 0 Å². The number of anilines is 1. The number of benzene rings is 2. The number of hydrogen-bond donors (Lipinski definition) is 1. The second-order valence-electron chi connectivity index (χ2n) is 8.94. The molecule has 34 heavy (non-hydrogen) atoms. The molecule has 0 bridgehead atoms. The topological polar surface area (TPSA) is 86.8 Å². The summed E-state index contributed by atoms with van der Waals surface area (Å²) in [4.78, 5) is 27.0. The number of nitrogens with one attached hydrogen (secondary N) is 1. The maximum Gasteiger partial charge on any atom is 0.254 e. The van der Waals surface area contributed by atoms with Gasteiger partial charge in [0.1, 0.15) is 0 Å². The van der Waals surface area contributed by atoms with Gasteiger partial charge in [-0.25, -0.2) is 8.42 Å². The summed E-state index contributed by atoms with van der Waals surface area (Å²) in [5, 5.41) is 2.73. The van der Waals surface area contributed by atoms with E-state index in [4.69, 9.17) is 6.42 Å². The first-order valence-electron chi connectivity index (χ1n) is 11.3. The van der Waals surface area contributed by atoms with E-state index in [1.54, 1.807) is 44.2 Å². The molecule has 0 radical (unpaired) electrons. The Morgan fingerprint density at radius 3 is 2.50 bits per heavy atom. The van der Waals surface area contributed by atoms with Crippen LogP contribution in [0.1, 0.15) is 46.8 Å². The van der Waals surface area contributed by atoms with Gasteiger partial charge in [0, 0.05) is 37.0 Å². The van der Waals surface area contributed by atoms with Crippen LogP contribution in [0, 0.1) is 32.1 Å². The summed E-state index contributed by atoms with van der Waals surface area (Å²) in [6.07, 6.45) is 7.03. The Kier molecular flexibility index (Phi) is 7.80. The van der Waals surface area contributed by atoms with E-state index in [1.807, 2.05) is 0 Å². The van der Waals surface area contributed by atoms with E-state index in [0.717, 1.165) is 12.8 Å². The Morgan fingerprint density at radius 1 is 1.18 bits per heavy atom. The Hall–Kier alpha value is -3.15. The highest BCUT2D eigenvalue weighted by Gasteiger charge is 2.31. The summed E-state index contributed by atoms with van der Waals surface area (Å²) < 4.78 is 28.2. The van der Waals surface area contributed by atoms with Crippen LogP contribution in [0.15, 0.2) is 41.3 Å². The average molecular weight is 482 g/mol. The summed E-state index contributed by atoms with van der Waals surface area (Å²) in [7, 11) is -2.21. The predicted octanol–water partition coefficient (Wildman–Crippen LogP) is 3.42. The van der Waals surface area contributed by atoms with Crippen LogP contribution in [0.5, 0.6) is 0 Å². The first kappa shape index (κ1) is 25.5. The SMILES string of the molecule is C#Cc1cccc(NC(=O)CN(C)C(=O)c2cc(C)c(C)c(S(=O)(=O)N3CCC(C)CC3)c2)c1. The minimum atomic E-state index is -3.72. The molecule has 0 spiro atoms. The summed E-state index contributed by atoms with van der Waals surface area (Å²) >= 11 is 0. The monoisotopic (exact) mass is 481 g/mol. The molecule has 2 aromatic carbocycles. The number of aryl methyl sites for hydroxylation is 1. The van der Waals surface area contributed by atoms with Crippen molar-refractivity contribution in [1.29, 1.82) is 0 Å². The molecule has 0 unspecified atom stereocenters. The summed E-state index contributed by atoms with van der Waals surface area (Å²) in [5.74, 6) is 2.19. The van der Waals surface area contributed by atoms with E-state index in [9.17, 15) is 18.0 Å². The molecule has 0 atom stereocenters. The number of sulfonamides is 1. The molecule has 180 valence electrons. The lowest BCUT2D eigenvalue weighted by molar-refractivity contribution is -0.116. The number of hydrogen-bond acceptors (Lipinski definition) is 4. The highest BCUT2D eigenvalue weighted by molar-refractivity contribution is 7.89. The molecule has 2 amide bonds. The Labute approximate surface area is 202 Å². The lowest BCUT2D eigenvalue weighted by atomic mass is 10.0. The van der Waals surface area contributed by atoms with Crippen LogP contribution in [-0.4, -0.2) is 56.1 Å². The van der Waals surface area contributed by atoms with Gasteiger partial charge in [-0.15, -0.1) is 6.42 Å². The van der Waals surface area contributed by atoms with Crippen LogP contribution in [-0.2, 0) is 14.8 Å². The zero-order valence-electron chi connectivity index (χ0n) is 20.1. The van der Waals surface area contributed by atoms with E-state index in [2.05, 4.69) is 18.2 Å². The number of carbonyl (C=O) groups excluding carboxylic acids is 2. The summed E-state index contributed by atoms with van der Waals surface area (Å²) in [6, 6.07) is 9.97. The van der Waals surface area contributed by atoms with E-state index in [1.165, 1.54) is 22.3 Å². The van der Waals surface area contributed by atoms with Crippen LogP contribution in [0.3, 0.4) is 0 Å². The van der Waals surface area contributed by atoms with Gasteiger partial charge in [-0.1, -0.05) is 18.9 Å². The smallest absolute Gasteiger partial charge is 0.254 e. The first-order valence-corrected chi connectivity index (χ1v) is 12.7. The number of piperidine rings is 1. The molecular weight excluding hydrogens is 450 g/mol. The number of terminal acetylenes is 1. The van der Waals surface area contributed by atoms with E-state index < -0.39 is 15.9 Å². The van der Waals surface area contributed by atoms with Crippen molar-refractivity contribution in [2.45, 2.75) is 38.5 Å². The molecule has 3 rings (SSSR count). The molecule has 1 aliphatic rings. The van der Waals surface area contributed by atoms with Gasteiger partial charge < -0.3 is 10.2 Å². The van der Waals surface area contributed by atoms with Gasteiger partial charge in [-0.05, 0) is 74.1 Å². The molecular formula is C26H31N3O4S. The van der Waals surface area contributed by atoms with Gasteiger partial charge in [-0.3, -0.25) is 9.59 Å². The number of carbonyl (C=O) groups is 2. The molecule has 1 N–H and O–H groups in total. The Balaban J connectivity index is 1.78. The van der Waals surface area contributed by atoms with Gasteiger partial charge in [0.25, 0.3) is 5.91 Å². The standard InChI is InChI=1S/C26H31N3O4S/c1-6-21-8-7-9-23(15-21)27-25(30)17-28(5)26(31)22-14-19(3)20(4)24(16-22)34(32,33)29-12-10-18(2)11-13-29/h1,7-9,14-16,18H,10-13,17H2,2-5H3,(H,27,30). The van der Waals surface area contributed by atoms with Gasteiger partial charge in [-0.2, -0.15) is 4.31 Å². The van der Waals surface area contributed by atoms with Crippen molar-refractivity contribution in [3.05, 3.63) is 58.7 Å². The third-order valence-electron chi connectivity index (χ3n) is 6.27. The number of amides is 2. The van der Waals surface area contributed by atoms with Crippen molar-refractivity contribution in [3.63, 3.8) is 0 Å². The molecule has 7 nitrogen and oxygen atoms in total. The molecule has 0 aromatic heterocycles. The third kappa shape index (κ3) is 5.66. The largest absolute Gasteiger partial charge is 0.332 e. The molecule has 1 aliphatic heterocycles. The van der Waals surface area contributed by atoms with Gasteiger partial charge in [0.2, 0.25) is 15.9 Å². The fraction of sp³-hybridized carbons (Fsp3) is 0.385. The molecule has 8 heteroatoms. The minimum Gasteiger partial charge on any atom is -0.332 e. The van der Waals surface area contributed by atoms with Crippen molar-refractivity contribution in [2.24, 2.45) is 5.92 Å². The minimum absolute atomic E-state index is 0.148. The van der Waals surface area contributed by atoms with Crippen LogP contribution >= 0.6 is 0 Å². The number of rotatable bonds is 6. The Bertz CT molecular complexity index is 1240. The fourth-order valence-electron chi connectivity index (χ4n) is 3.98. The van der Waals surface area contributed by atoms with E-state index in [0.29, 0.717) is 41.4 Å². The van der Waals surface area contributed by atoms with Crippen LogP contribution < -0.4 is 5.32 Å². The van der Waals surface area contributed by atoms with Crippen molar-refractivity contribution in [1.82, 2.24) is 9.21 Å². The molecule has 1 fully saturated rings. The predicted molar refractivity (Wildman–Crippen MR) is 133 cm³/mol. The second-order valence-corrected chi connectivity index (χ2v) is 10.8. The van der Waals surface area contributed by atoms with Crippen LogP contribution in [0.25, 0.3) is 0 Å². The van der Waals surface area contributed by atoms with Gasteiger partial charge in [0.15, 0.2) is 0 Å². The van der Waals surface area contributed by atoms with Crippen LogP contribution in [0.4, 0.5) is 5.69 Å². The molecule has 0 saturated carbocycles. The normalized spacial score (nSPS) is 14.9. The van der Waals surface area contributed by atoms with Crippen molar-refractivity contribution in [2.75, 3.05) is 32.0 Å². The lowest BCUT2D eigenvalue weighted by Gasteiger charge is -2.30. The van der Waals surface area contributed by atoms with Crippen molar-refractivity contribution < 1.29 is 18.0 Å². The molecule has 2 aromatic rings. The van der Waals surface area contributed by atoms with Gasteiger partial charge in [0.05, 0.1) is 11.4 Å². The van der Waals surface area contributed by atoms with E-state index in [-0.39, 0.29) is 22.9 Å². The highest BCUT2D eigenvalue weighted by atomic mass is 32.2. The average Bonchev–Trinajstić information content (AvgIpc) is 2.80.